The molecule has 90 valence electrons. The molecule has 0 aliphatic carbocycles. The summed E-state index contributed by atoms with van der Waals surface area (Å²) in [6.45, 7) is 1.53. The number of likely N-dealkylation sites (N-methyl/N-ethyl adjacent to an activating group) is 1. The molecule has 17 heavy (non-hydrogen) atoms. The van der Waals surface area contributed by atoms with E-state index >= 15 is 0 Å². The van der Waals surface area contributed by atoms with Gasteiger partial charge in [-0.3, -0.25) is 0 Å². The van der Waals surface area contributed by atoms with Crippen LogP contribution in [0.25, 0.3) is 10.8 Å². The molecular formula is C14H18N2O. The molecule has 2 N–H and O–H groups in total. The van der Waals surface area contributed by atoms with E-state index in [1.54, 1.807) is 7.11 Å². The summed E-state index contributed by atoms with van der Waals surface area (Å²) < 4.78 is 5.21. The van der Waals surface area contributed by atoms with Gasteiger partial charge < -0.3 is 15.4 Å². The standard InChI is InChI=1S/C14H18N2O/c1-16(8-7-15)13-5-3-12-10-14(17-2)6-4-11(12)9-13/h3-6,9-10H,7-8,15H2,1-2H3. The highest BCUT2D eigenvalue weighted by Crippen LogP contribution is 2.24. The lowest BCUT2D eigenvalue weighted by Crippen LogP contribution is -2.24. The van der Waals surface area contributed by atoms with Crippen LogP contribution in [-0.2, 0) is 0 Å². The minimum atomic E-state index is 0.664. The summed E-state index contributed by atoms with van der Waals surface area (Å²) in [6.07, 6.45) is 0. The van der Waals surface area contributed by atoms with Gasteiger partial charge in [-0.05, 0) is 35.0 Å². The Balaban J connectivity index is 2.37. The maximum absolute atomic E-state index is 5.56. The fourth-order valence-electron chi connectivity index (χ4n) is 1.90. The van der Waals surface area contributed by atoms with Crippen LogP contribution in [0.5, 0.6) is 5.75 Å². The van der Waals surface area contributed by atoms with E-state index < -0.39 is 0 Å². The zero-order valence-electron chi connectivity index (χ0n) is 10.3. The zero-order valence-corrected chi connectivity index (χ0v) is 10.3. The second-order valence-corrected chi connectivity index (χ2v) is 4.11. The highest BCUT2D eigenvalue weighted by atomic mass is 16.5. The van der Waals surface area contributed by atoms with E-state index in [4.69, 9.17) is 10.5 Å². The normalized spacial score (nSPS) is 10.5. The minimum Gasteiger partial charge on any atom is -0.497 e. The highest BCUT2D eigenvalue weighted by molar-refractivity contribution is 5.87. The lowest BCUT2D eigenvalue weighted by Gasteiger charge is -2.18. The van der Waals surface area contributed by atoms with E-state index in [-0.39, 0.29) is 0 Å². The zero-order chi connectivity index (χ0) is 12.3. The van der Waals surface area contributed by atoms with Gasteiger partial charge in [0.05, 0.1) is 7.11 Å². The van der Waals surface area contributed by atoms with Crippen LogP contribution < -0.4 is 15.4 Å². The second-order valence-electron chi connectivity index (χ2n) is 4.11. The average Bonchev–Trinajstić information content (AvgIpc) is 2.37. The summed E-state index contributed by atoms with van der Waals surface area (Å²) in [7, 11) is 3.74. The van der Waals surface area contributed by atoms with E-state index in [1.165, 1.54) is 16.5 Å². The van der Waals surface area contributed by atoms with Crippen LogP contribution in [-0.4, -0.2) is 27.2 Å². The Labute approximate surface area is 102 Å². The number of benzene rings is 2. The number of hydrogen-bond donors (Lipinski definition) is 1. The smallest absolute Gasteiger partial charge is 0.119 e. The van der Waals surface area contributed by atoms with Crippen molar-refractivity contribution in [2.45, 2.75) is 0 Å². The maximum atomic E-state index is 5.56. The van der Waals surface area contributed by atoms with Gasteiger partial charge >= 0.3 is 0 Å². The summed E-state index contributed by atoms with van der Waals surface area (Å²) >= 11 is 0. The van der Waals surface area contributed by atoms with E-state index in [9.17, 15) is 0 Å². The molecule has 0 heterocycles. The summed E-state index contributed by atoms with van der Waals surface area (Å²) in [5.74, 6) is 0.889. The number of ether oxygens (including phenoxy) is 1. The first-order valence-electron chi connectivity index (χ1n) is 5.73. The molecule has 0 atom stereocenters. The summed E-state index contributed by atoms with van der Waals surface area (Å²) in [6, 6.07) is 12.5. The van der Waals surface area contributed by atoms with Gasteiger partial charge in [0.15, 0.2) is 0 Å². The maximum Gasteiger partial charge on any atom is 0.119 e. The van der Waals surface area contributed by atoms with Crippen molar-refractivity contribution < 1.29 is 4.74 Å². The van der Waals surface area contributed by atoms with Gasteiger partial charge in [0, 0.05) is 25.8 Å². The molecule has 0 aromatic heterocycles. The average molecular weight is 230 g/mol. The summed E-state index contributed by atoms with van der Waals surface area (Å²) in [4.78, 5) is 2.16. The molecule has 3 heteroatoms. The van der Waals surface area contributed by atoms with Crippen LogP contribution in [0.1, 0.15) is 0 Å². The van der Waals surface area contributed by atoms with Crippen molar-refractivity contribution in [2.75, 3.05) is 32.1 Å². The number of hydrogen-bond acceptors (Lipinski definition) is 3. The molecule has 0 aliphatic heterocycles. The molecular weight excluding hydrogens is 212 g/mol. The first-order chi connectivity index (χ1) is 8.24. The van der Waals surface area contributed by atoms with Gasteiger partial charge in [0.1, 0.15) is 5.75 Å². The van der Waals surface area contributed by atoms with Crippen LogP contribution in [0, 0.1) is 0 Å². The van der Waals surface area contributed by atoms with Crippen molar-refractivity contribution >= 4 is 16.5 Å². The highest BCUT2D eigenvalue weighted by Gasteiger charge is 2.02. The Morgan fingerprint density at radius 2 is 1.82 bits per heavy atom. The van der Waals surface area contributed by atoms with Crippen molar-refractivity contribution in [3.05, 3.63) is 36.4 Å². The summed E-state index contributed by atoms with van der Waals surface area (Å²) in [5.41, 5.74) is 6.75. The quantitative estimate of drug-likeness (QED) is 0.875. The second kappa shape index (κ2) is 5.06. The van der Waals surface area contributed by atoms with Crippen molar-refractivity contribution in [2.24, 2.45) is 5.73 Å². The Hall–Kier alpha value is -1.74. The molecule has 0 radical (unpaired) electrons. The van der Waals surface area contributed by atoms with Gasteiger partial charge in [-0.2, -0.15) is 0 Å². The monoisotopic (exact) mass is 230 g/mol. The molecule has 0 saturated heterocycles. The predicted octanol–water partition coefficient (Wildman–Crippen LogP) is 2.24. The molecule has 0 fully saturated rings. The Morgan fingerprint density at radius 1 is 1.12 bits per heavy atom. The molecule has 2 rings (SSSR count). The molecule has 0 unspecified atom stereocenters. The fraction of sp³-hybridized carbons (Fsp3) is 0.286. The van der Waals surface area contributed by atoms with Crippen molar-refractivity contribution in [3.63, 3.8) is 0 Å². The van der Waals surface area contributed by atoms with Crippen molar-refractivity contribution in [1.29, 1.82) is 0 Å². The molecule has 0 saturated carbocycles. The topological polar surface area (TPSA) is 38.5 Å². The molecule has 0 aliphatic rings. The Bertz CT molecular complexity index is 511. The van der Waals surface area contributed by atoms with Gasteiger partial charge in [0.2, 0.25) is 0 Å². The molecule has 0 amide bonds. The lowest BCUT2D eigenvalue weighted by molar-refractivity contribution is 0.415. The van der Waals surface area contributed by atoms with Crippen LogP contribution >= 0.6 is 0 Å². The van der Waals surface area contributed by atoms with Crippen molar-refractivity contribution in [1.82, 2.24) is 0 Å². The number of anilines is 1. The molecule has 2 aromatic carbocycles. The molecule has 0 bridgehead atoms. The van der Waals surface area contributed by atoms with Crippen LogP contribution in [0.2, 0.25) is 0 Å². The first-order valence-corrected chi connectivity index (χ1v) is 5.73. The van der Waals surface area contributed by atoms with E-state index in [2.05, 4.69) is 36.2 Å². The summed E-state index contributed by atoms with van der Waals surface area (Å²) in [5, 5.41) is 2.40. The number of rotatable bonds is 4. The third kappa shape index (κ3) is 2.50. The molecule has 2 aromatic rings. The van der Waals surface area contributed by atoms with Crippen LogP contribution in [0.3, 0.4) is 0 Å². The van der Waals surface area contributed by atoms with Crippen LogP contribution in [0.15, 0.2) is 36.4 Å². The predicted molar refractivity (Wildman–Crippen MR) is 72.8 cm³/mol. The Morgan fingerprint density at radius 3 is 2.53 bits per heavy atom. The fourth-order valence-corrected chi connectivity index (χ4v) is 1.90. The third-order valence-electron chi connectivity index (χ3n) is 2.94. The SMILES string of the molecule is COc1ccc2cc(N(C)CCN)ccc2c1. The molecule has 3 nitrogen and oxygen atoms in total. The molecule has 0 spiro atoms. The number of nitrogens with two attached hydrogens (primary N) is 1. The number of methoxy groups -OCH3 is 1. The van der Waals surface area contributed by atoms with E-state index in [0.29, 0.717) is 6.54 Å². The van der Waals surface area contributed by atoms with E-state index in [1.807, 2.05) is 12.1 Å². The van der Waals surface area contributed by atoms with E-state index in [0.717, 1.165) is 12.3 Å². The minimum absolute atomic E-state index is 0.664. The Kier molecular flexibility index (Phi) is 3.49. The van der Waals surface area contributed by atoms with Crippen molar-refractivity contribution in [3.8, 4) is 5.75 Å². The largest absolute Gasteiger partial charge is 0.497 e. The lowest BCUT2D eigenvalue weighted by atomic mass is 10.1. The van der Waals surface area contributed by atoms with Gasteiger partial charge in [-0.15, -0.1) is 0 Å². The first kappa shape index (κ1) is 11.7. The van der Waals surface area contributed by atoms with Gasteiger partial charge in [-0.25, -0.2) is 0 Å². The van der Waals surface area contributed by atoms with Gasteiger partial charge in [0.25, 0.3) is 0 Å². The van der Waals surface area contributed by atoms with Crippen LogP contribution in [0.4, 0.5) is 5.69 Å². The number of fused-ring (bicyclic) bond motifs is 1. The number of nitrogens with zero attached hydrogens (tertiary/aromatic N) is 1. The third-order valence-corrected chi connectivity index (χ3v) is 2.94. The van der Waals surface area contributed by atoms with Gasteiger partial charge in [-0.1, -0.05) is 12.1 Å².